The minimum atomic E-state index is -1.22. The van der Waals surface area contributed by atoms with Crippen molar-refractivity contribution in [2.45, 2.75) is 75.7 Å². The van der Waals surface area contributed by atoms with Crippen molar-refractivity contribution in [1.29, 1.82) is 0 Å². The normalized spacial score (nSPS) is 31.8. The van der Waals surface area contributed by atoms with Crippen molar-refractivity contribution in [3.63, 3.8) is 0 Å². The van der Waals surface area contributed by atoms with E-state index in [-0.39, 0.29) is 19.1 Å². The summed E-state index contributed by atoms with van der Waals surface area (Å²) in [6.45, 7) is 1.20. The van der Waals surface area contributed by atoms with Gasteiger partial charge < -0.3 is 25.7 Å². The zero-order valence-electron chi connectivity index (χ0n) is 15.0. The molecular weight excluding hydrogens is 324 g/mol. The first-order chi connectivity index (χ1) is 12.0. The fourth-order valence-electron chi connectivity index (χ4n) is 4.03. The van der Waals surface area contributed by atoms with Gasteiger partial charge in [0.05, 0.1) is 18.8 Å². The third-order valence-electron chi connectivity index (χ3n) is 5.61. The van der Waals surface area contributed by atoms with Crippen LogP contribution < -0.4 is 5.32 Å². The van der Waals surface area contributed by atoms with E-state index >= 15 is 0 Å². The molecule has 7 nitrogen and oxygen atoms in total. The summed E-state index contributed by atoms with van der Waals surface area (Å²) in [6, 6.07) is -0.556. The molecule has 0 spiro atoms. The highest BCUT2D eigenvalue weighted by Crippen LogP contribution is 2.26. The molecule has 1 aliphatic heterocycles. The van der Waals surface area contributed by atoms with Crippen LogP contribution in [0.15, 0.2) is 0 Å². The van der Waals surface area contributed by atoms with E-state index in [1.165, 1.54) is 32.1 Å². The zero-order chi connectivity index (χ0) is 18.2. The Labute approximate surface area is 150 Å². The minimum absolute atomic E-state index is 0.132. The summed E-state index contributed by atoms with van der Waals surface area (Å²) >= 11 is 0. The molecule has 0 unspecified atom stereocenters. The van der Waals surface area contributed by atoms with Gasteiger partial charge in [-0.2, -0.15) is 0 Å². The minimum Gasteiger partial charge on any atom is -0.395 e. The van der Waals surface area contributed by atoms with Gasteiger partial charge in [-0.15, -0.1) is 0 Å². The standard InChI is InChI=1S/C18H34N2O5/c21-12-14-17(24)18(25)15(22)11-20(14)9-5-4-8-19-16(23)10-13-6-2-1-3-7-13/h13-15,17-18,21-22,24-25H,1-12H2,(H,19,23)/t14-,15+,17-,18-/m1/s1. The fraction of sp³-hybridized carbons (Fsp3) is 0.944. The van der Waals surface area contributed by atoms with Crippen LogP contribution in [0.1, 0.15) is 51.4 Å². The van der Waals surface area contributed by atoms with Crippen molar-refractivity contribution >= 4 is 5.91 Å². The van der Waals surface area contributed by atoms with E-state index < -0.39 is 24.4 Å². The van der Waals surface area contributed by atoms with E-state index in [2.05, 4.69) is 5.32 Å². The van der Waals surface area contributed by atoms with Crippen molar-refractivity contribution < 1.29 is 25.2 Å². The second-order valence-corrected chi connectivity index (χ2v) is 7.56. The maximum Gasteiger partial charge on any atom is 0.220 e. The predicted molar refractivity (Wildman–Crippen MR) is 93.9 cm³/mol. The molecule has 5 N–H and O–H groups in total. The number of nitrogens with one attached hydrogen (secondary N) is 1. The van der Waals surface area contributed by atoms with Gasteiger partial charge in [0, 0.05) is 19.5 Å². The molecule has 25 heavy (non-hydrogen) atoms. The summed E-state index contributed by atoms with van der Waals surface area (Å²) in [6.07, 6.45) is 4.97. The number of likely N-dealkylation sites (tertiary alicyclic amines) is 1. The molecule has 146 valence electrons. The Balaban J connectivity index is 1.60. The Hall–Kier alpha value is -0.730. The lowest BCUT2D eigenvalue weighted by molar-refractivity contribution is -0.145. The molecule has 1 aliphatic carbocycles. The summed E-state index contributed by atoms with van der Waals surface area (Å²) in [5.41, 5.74) is 0. The molecule has 0 radical (unpaired) electrons. The number of aliphatic hydroxyl groups excluding tert-OH is 4. The number of unbranched alkanes of at least 4 members (excludes halogenated alkanes) is 1. The summed E-state index contributed by atoms with van der Waals surface area (Å²) < 4.78 is 0. The number of aliphatic hydroxyl groups is 4. The Bertz CT molecular complexity index is 403. The van der Waals surface area contributed by atoms with E-state index in [0.717, 1.165) is 12.8 Å². The smallest absolute Gasteiger partial charge is 0.220 e. The van der Waals surface area contributed by atoms with Gasteiger partial charge in [-0.3, -0.25) is 9.69 Å². The second kappa shape index (κ2) is 10.4. The van der Waals surface area contributed by atoms with Crippen LogP contribution in [0.3, 0.4) is 0 Å². The lowest BCUT2D eigenvalue weighted by Crippen LogP contribution is -2.62. The van der Waals surface area contributed by atoms with E-state index in [9.17, 15) is 25.2 Å². The monoisotopic (exact) mass is 358 g/mol. The summed E-state index contributed by atoms with van der Waals surface area (Å²) in [5.74, 6) is 0.675. The van der Waals surface area contributed by atoms with Gasteiger partial charge >= 0.3 is 0 Å². The maximum atomic E-state index is 11.9. The highest BCUT2D eigenvalue weighted by molar-refractivity contribution is 5.76. The summed E-state index contributed by atoms with van der Waals surface area (Å²) in [7, 11) is 0. The molecule has 0 aromatic rings. The van der Waals surface area contributed by atoms with Gasteiger partial charge in [0.1, 0.15) is 12.2 Å². The Morgan fingerprint density at radius 3 is 2.44 bits per heavy atom. The molecule has 0 bridgehead atoms. The second-order valence-electron chi connectivity index (χ2n) is 7.56. The van der Waals surface area contributed by atoms with Gasteiger partial charge in [0.25, 0.3) is 0 Å². The van der Waals surface area contributed by atoms with Gasteiger partial charge in [-0.05, 0) is 38.1 Å². The van der Waals surface area contributed by atoms with Gasteiger partial charge in [-0.25, -0.2) is 0 Å². The van der Waals surface area contributed by atoms with Crippen LogP contribution in [-0.2, 0) is 4.79 Å². The Kier molecular flexibility index (Phi) is 8.58. The van der Waals surface area contributed by atoms with Crippen LogP contribution >= 0.6 is 0 Å². The van der Waals surface area contributed by atoms with E-state index in [1.807, 2.05) is 4.90 Å². The largest absolute Gasteiger partial charge is 0.395 e. The predicted octanol–water partition coefficient (Wildman–Crippen LogP) is -0.388. The molecule has 1 amide bonds. The van der Waals surface area contributed by atoms with Gasteiger partial charge in [-0.1, -0.05) is 19.3 Å². The number of carbonyl (C=O) groups excluding carboxylic acids is 1. The third-order valence-corrected chi connectivity index (χ3v) is 5.61. The third kappa shape index (κ3) is 6.18. The van der Waals surface area contributed by atoms with E-state index in [0.29, 0.717) is 25.4 Å². The maximum absolute atomic E-state index is 11.9. The number of nitrogens with zero attached hydrogens (tertiary/aromatic N) is 1. The molecule has 2 fully saturated rings. The molecular formula is C18H34N2O5. The zero-order valence-corrected chi connectivity index (χ0v) is 15.0. The highest BCUT2D eigenvalue weighted by atomic mass is 16.4. The van der Waals surface area contributed by atoms with Crippen LogP contribution in [0.25, 0.3) is 0 Å². The van der Waals surface area contributed by atoms with Crippen LogP contribution in [0, 0.1) is 5.92 Å². The van der Waals surface area contributed by atoms with Crippen molar-refractivity contribution in [3.05, 3.63) is 0 Å². The number of β-amino-alcohol motifs (C(OH)–C–C–N with tert-alkyl or cyclic N) is 1. The molecule has 0 aromatic carbocycles. The van der Waals surface area contributed by atoms with Crippen molar-refractivity contribution in [3.8, 4) is 0 Å². The molecule has 7 heteroatoms. The van der Waals surface area contributed by atoms with Crippen molar-refractivity contribution in [2.24, 2.45) is 5.92 Å². The Morgan fingerprint density at radius 2 is 1.76 bits per heavy atom. The molecule has 2 rings (SSSR count). The summed E-state index contributed by atoms with van der Waals surface area (Å²) in [5, 5.41) is 41.8. The molecule has 0 aromatic heterocycles. The van der Waals surface area contributed by atoms with Gasteiger partial charge in [0.2, 0.25) is 5.91 Å². The van der Waals surface area contributed by atoms with Crippen LogP contribution in [0.5, 0.6) is 0 Å². The molecule has 1 heterocycles. The SMILES string of the molecule is O=C(CC1CCCCC1)NCCCCN1C[C@H](O)[C@@H](O)[C@H](O)[C@H]1CO. The van der Waals surface area contributed by atoms with Crippen molar-refractivity contribution in [2.75, 3.05) is 26.2 Å². The molecule has 4 atom stereocenters. The highest BCUT2D eigenvalue weighted by Gasteiger charge is 2.40. The number of amides is 1. The summed E-state index contributed by atoms with van der Waals surface area (Å²) in [4.78, 5) is 13.8. The van der Waals surface area contributed by atoms with Crippen LogP contribution in [-0.4, -0.2) is 81.8 Å². The number of piperidine rings is 1. The lowest BCUT2D eigenvalue weighted by Gasteiger charge is -2.43. The topological polar surface area (TPSA) is 113 Å². The van der Waals surface area contributed by atoms with Gasteiger partial charge in [0.15, 0.2) is 0 Å². The average molecular weight is 358 g/mol. The molecule has 2 aliphatic rings. The number of carbonyl (C=O) groups is 1. The van der Waals surface area contributed by atoms with Crippen molar-refractivity contribution in [1.82, 2.24) is 10.2 Å². The fourth-order valence-corrected chi connectivity index (χ4v) is 4.03. The number of hydrogen-bond acceptors (Lipinski definition) is 6. The quantitative estimate of drug-likeness (QED) is 0.378. The van der Waals surface area contributed by atoms with E-state index in [4.69, 9.17) is 0 Å². The number of rotatable bonds is 8. The van der Waals surface area contributed by atoms with E-state index in [1.54, 1.807) is 0 Å². The Morgan fingerprint density at radius 1 is 1.04 bits per heavy atom. The molecule has 1 saturated heterocycles. The first kappa shape index (κ1) is 20.6. The average Bonchev–Trinajstić information content (AvgIpc) is 2.60. The first-order valence-corrected chi connectivity index (χ1v) is 9.68. The van der Waals surface area contributed by atoms with Crippen LogP contribution in [0.4, 0.5) is 0 Å². The number of hydrogen-bond donors (Lipinski definition) is 5. The lowest BCUT2D eigenvalue weighted by atomic mass is 9.87. The molecule has 1 saturated carbocycles. The van der Waals surface area contributed by atoms with Crippen LogP contribution in [0.2, 0.25) is 0 Å². The first-order valence-electron chi connectivity index (χ1n) is 9.68.